The molecular formula is C27H35FN6O3. The number of aliphatic hydroxyl groups excluding tert-OH is 1. The Balaban J connectivity index is 1.75. The molecule has 4 rings (SSSR count). The first kappa shape index (κ1) is 26.6. The van der Waals surface area contributed by atoms with Gasteiger partial charge >= 0.3 is 0 Å². The second kappa shape index (κ2) is 11.3. The molecule has 10 heteroatoms. The summed E-state index contributed by atoms with van der Waals surface area (Å²) in [6.07, 6.45) is 3.44. The summed E-state index contributed by atoms with van der Waals surface area (Å²) < 4.78 is 22.4. The number of hydrogen-bond acceptors (Lipinski definition) is 7. The van der Waals surface area contributed by atoms with Crippen molar-refractivity contribution in [3.8, 4) is 11.8 Å². The van der Waals surface area contributed by atoms with E-state index >= 15 is 0 Å². The Morgan fingerprint density at radius 2 is 2.00 bits per heavy atom. The van der Waals surface area contributed by atoms with Crippen LogP contribution in [0.15, 0.2) is 35.3 Å². The molecule has 1 aliphatic rings. The van der Waals surface area contributed by atoms with Gasteiger partial charge in [0.25, 0.3) is 5.56 Å². The molecule has 0 spiro atoms. The molecular weight excluding hydrogens is 475 g/mol. The summed E-state index contributed by atoms with van der Waals surface area (Å²) in [5, 5.41) is 23.4. The summed E-state index contributed by atoms with van der Waals surface area (Å²) in [6.45, 7) is 7.89. The van der Waals surface area contributed by atoms with Gasteiger partial charge in [-0.3, -0.25) is 14.4 Å². The number of rotatable bonds is 9. The summed E-state index contributed by atoms with van der Waals surface area (Å²) in [5.74, 6) is 0.210. The summed E-state index contributed by atoms with van der Waals surface area (Å²) in [6, 6.07) is 8.69. The van der Waals surface area contributed by atoms with Crippen LogP contribution in [0.3, 0.4) is 0 Å². The Kier molecular flexibility index (Phi) is 8.15. The second-order valence-electron chi connectivity index (χ2n) is 9.50. The highest BCUT2D eigenvalue weighted by atomic mass is 19.1. The van der Waals surface area contributed by atoms with Crippen LogP contribution in [0.2, 0.25) is 0 Å². The van der Waals surface area contributed by atoms with E-state index in [0.29, 0.717) is 23.3 Å². The van der Waals surface area contributed by atoms with Crippen molar-refractivity contribution in [2.45, 2.75) is 64.8 Å². The van der Waals surface area contributed by atoms with Crippen molar-refractivity contribution in [3.63, 3.8) is 0 Å². The lowest BCUT2D eigenvalue weighted by atomic mass is 9.96. The van der Waals surface area contributed by atoms with Crippen LogP contribution < -0.4 is 15.2 Å². The predicted molar refractivity (Wildman–Crippen MR) is 140 cm³/mol. The average molecular weight is 511 g/mol. The van der Waals surface area contributed by atoms with E-state index in [9.17, 15) is 19.6 Å². The summed E-state index contributed by atoms with van der Waals surface area (Å²) in [7, 11) is 1.56. The zero-order valence-corrected chi connectivity index (χ0v) is 21.9. The van der Waals surface area contributed by atoms with Gasteiger partial charge in [0.05, 0.1) is 37.2 Å². The van der Waals surface area contributed by atoms with Crippen LogP contribution in [0.4, 0.5) is 10.1 Å². The first-order chi connectivity index (χ1) is 17.9. The number of aromatic nitrogens is 3. The van der Waals surface area contributed by atoms with Gasteiger partial charge in [0, 0.05) is 55.5 Å². The van der Waals surface area contributed by atoms with E-state index in [-0.39, 0.29) is 49.2 Å². The number of piperazine rings is 1. The number of ether oxygens (including phenoxy) is 1. The highest BCUT2D eigenvalue weighted by Crippen LogP contribution is 2.37. The molecule has 2 aromatic heterocycles. The molecule has 0 aliphatic carbocycles. The van der Waals surface area contributed by atoms with Gasteiger partial charge in [-0.25, -0.2) is 4.39 Å². The molecule has 0 bridgehead atoms. The molecule has 3 heterocycles. The SMILES string of the molecule is CC[C@H]1CN(C(C)c2ccc(F)cc2OC)[C@H](CC)CN1c1cc(=O)n(CCO)c2cn(CC#N)nc12. The van der Waals surface area contributed by atoms with Crippen molar-refractivity contribution < 1.29 is 14.2 Å². The third-order valence-corrected chi connectivity index (χ3v) is 7.49. The maximum atomic E-state index is 13.9. The maximum Gasteiger partial charge on any atom is 0.253 e. The lowest BCUT2D eigenvalue weighted by molar-refractivity contribution is 0.0997. The highest BCUT2D eigenvalue weighted by Gasteiger charge is 2.37. The van der Waals surface area contributed by atoms with Crippen molar-refractivity contribution in [3.05, 3.63) is 52.2 Å². The fraction of sp³-hybridized carbons (Fsp3) is 0.519. The molecule has 9 nitrogen and oxygen atoms in total. The van der Waals surface area contributed by atoms with Crippen molar-refractivity contribution in [1.29, 1.82) is 5.26 Å². The van der Waals surface area contributed by atoms with E-state index < -0.39 is 0 Å². The van der Waals surface area contributed by atoms with Crippen LogP contribution in [-0.4, -0.2) is 63.2 Å². The maximum absolute atomic E-state index is 13.9. The average Bonchev–Trinajstić information content (AvgIpc) is 3.32. The Labute approximate surface area is 216 Å². The molecule has 0 radical (unpaired) electrons. The first-order valence-electron chi connectivity index (χ1n) is 12.8. The first-order valence-corrected chi connectivity index (χ1v) is 12.8. The summed E-state index contributed by atoms with van der Waals surface area (Å²) >= 11 is 0. The molecule has 0 saturated carbocycles. The molecule has 3 atom stereocenters. The number of pyridine rings is 1. The Hall–Kier alpha value is -3.42. The van der Waals surface area contributed by atoms with Crippen molar-refractivity contribution >= 4 is 16.7 Å². The van der Waals surface area contributed by atoms with Gasteiger partial charge in [-0.15, -0.1) is 0 Å². The molecule has 1 aliphatic heterocycles. The fourth-order valence-electron chi connectivity index (χ4n) is 5.54. The van der Waals surface area contributed by atoms with Crippen LogP contribution in [0.5, 0.6) is 5.75 Å². The van der Waals surface area contributed by atoms with Gasteiger partial charge in [0.15, 0.2) is 0 Å². The van der Waals surface area contributed by atoms with Gasteiger partial charge < -0.3 is 19.3 Å². The summed E-state index contributed by atoms with van der Waals surface area (Å²) in [5.41, 5.74) is 2.75. The van der Waals surface area contributed by atoms with Gasteiger partial charge in [0.1, 0.15) is 23.6 Å². The second-order valence-corrected chi connectivity index (χ2v) is 9.50. The molecule has 198 valence electrons. The zero-order valence-electron chi connectivity index (χ0n) is 21.9. The van der Waals surface area contributed by atoms with Crippen LogP contribution in [0, 0.1) is 17.1 Å². The van der Waals surface area contributed by atoms with Crippen LogP contribution in [-0.2, 0) is 13.1 Å². The Morgan fingerprint density at radius 3 is 2.65 bits per heavy atom. The largest absolute Gasteiger partial charge is 0.496 e. The molecule has 1 N–H and O–H groups in total. The van der Waals surface area contributed by atoms with E-state index in [1.54, 1.807) is 30.1 Å². The third kappa shape index (κ3) is 5.06. The van der Waals surface area contributed by atoms with E-state index in [4.69, 9.17) is 4.74 Å². The summed E-state index contributed by atoms with van der Waals surface area (Å²) in [4.78, 5) is 17.8. The lowest BCUT2D eigenvalue weighted by Gasteiger charge is -2.49. The number of aliphatic hydroxyl groups is 1. The molecule has 1 aromatic carbocycles. The Bertz CT molecular complexity index is 1350. The minimum atomic E-state index is -0.327. The normalized spacial score (nSPS) is 19.2. The molecule has 3 aromatic rings. The van der Waals surface area contributed by atoms with E-state index in [0.717, 1.165) is 30.6 Å². The van der Waals surface area contributed by atoms with Crippen molar-refractivity contribution in [2.24, 2.45) is 0 Å². The van der Waals surface area contributed by atoms with Crippen LogP contribution >= 0.6 is 0 Å². The van der Waals surface area contributed by atoms with Crippen molar-refractivity contribution in [2.75, 3.05) is 31.7 Å². The molecule has 1 fully saturated rings. The van der Waals surface area contributed by atoms with Gasteiger partial charge in [-0.2, -0.15) is 10.4 Å². The fourth-order valence-corrected chi connectivity index (χ4v) is 5.54. The number of anilines is 1. The number of fused-ring (bicyclic) bond motifs is 1. The number of methoxy groups -OCH3 is 1. The topological polar surface area (TPSA) is 99.5 Å². The lowest BCUT2D eigenvalue weighted by Crippen LogP contribution is -2.58. The molecule has 37 heavy (non-hydrogen) atoms. The monoisotopic (exact) mass is 510 g/mol. The van der Waals surface area contributed by atoms with Gasteiger partial charge in [0.2, 0.25) is 0 Å². The van der Waals surface area contributed by atoms with Gasteiger partial charge in [-0.1, -0.05) is 19.9 Å². The number of nitriles is 1. The van der Waals surface area contributed by atoms with E-state index in [1.165, 1.54) is 16.7 Å². The number of benzene rings is 1. The van der Waals surface area contributed by atoms with Crippen LogP contribution in [0.25, 0.3) is 11.0 Å². The number of hydrogen-bond donors (Lipinski definition) is 1. The smallest absolute Gasteiger partial charge is 0.253 e. The standard InChI is InChI=1S/C27H35FN6O3/c1-5-20-16-34(21(6-2)15-33(20)18(3)22-8-7-19(28)13-25(22)37-4)23-14-26(36)32(11-12-35)24-17-31(10-9-29)30-27(23)24/h7-8,13-14,17-18,20-21,35H,5-6,10-12,15-16H2,1-4H3/t18?,20-,21+/m1/s1. The minimum Gasteiger partial charge on any atom is -0.496 e. The Morgan fingerprint density at radius 1 is 1.24 bits per heavy atom. The zero-order chi connectivity index (χ0) is 26.7. The van der Waals surface area contributed by atoms with E-state index in [1.807, 2.05) is 0 Å². The van der Waals surface area contributed by atoms with Crippen LogP contribution in [0.1, 0.15) is 45.2 Å². The molecule has 1 unspecified atom stereocenters. The third-order valence-electron chi connectivity index (χ3n) is 7.49. The van der Waals surface area contributed by atoms with Crippen molar-refractivity contribution in [1.82, 2.24) is 19.2 Å². The minimum absolute atomic E-state index is 0.00381. The number of nitrogens with zero attached hydrogens (tertiary/aromatic N) is 6. The predicted octanol–water partition coefficient (Wildman–Crippen LogP) is 3.30. The highest BCUT2D eigenvalue weighted by molar-refractivity contribution is 5.88. The van der Waals surface area contributed by atoms with Gasteiger partial charge in [-0.05, 0) is 25.8 Å². The quantitative estimate of drug-likeness (QED) is 0.472. The number of halogens is 1. The molecule has 0 amide bonds. The van der Waals surface area contributed by atoms with E-state index in [2.05, 4.69) is 41.7 Å². The molecule has 1 saturated heterocycles.